The molecule has 0 bridgehead atoms. The first-order valence-corrected chi connectivity index (χ1v) is 7.12. The summed E-state index contributed by atoms with van der Waals surface area (Å²) in [4.78, 5) is 12.2. The van der Waals surface area contributed by atoms with Crippen LogP contribution in [0.4, 0.5) is 0 Å². The molecule has 2 aliphatic rings. The number of fused-ring (bicyclic) bond motifs is 1. The van der Waals surface area contributed by atoms with Gasteiger partial charge in [0.1, 0.15) is 5.78 Å². The number of ketones is 1. The van der Waals surface area contributed by atoms with Crippen molar-refractivity contribution >= 4 is 5.78 Å². The summed E-state index contributed by atoms with van der Waals surface area (Å²) < 4.78 is 0. The van der Waals surface area contributed by atoms with E-state index < -0.39 is 0 Å². The zero-order valence-corrected chi connectivity index (χ0v) is 11.1. The number of hydrogen-bond acceptors (Lipinski definition) is 1. The van der Waals surface area contributed by atoms with Crippen LogP contribution < -0.4 is 0 Å². The molecule has 0 aromatic carbocycles. The maximum Gasteiger partial charge on any atom is 0.136 e. The van der Waals surface area contributed by atoms with Crippen molar-refractivity contribution in [3.63, 3.8) is 0 Å². The van der Waals surface area contributed by atoms with Gasteiger partial charge in [-0.05, 0) is 36.5 Å². The topological polar surface area (TPSA) is 17.1 Å². The first-order valence-electron chi connectivity index (χ1n) is 7.12. The Kier molecular flexibility index (Phi) is 3.42. The summed E-state index contributed by atoms with van der Waals surface area (Å²) in [5.41, 5.74) is 0.336. The molecule has 0 saturated heterocycles. The average molecular weight is 222 g/mol. The minimum absolute atomic E-state index is 0.336. The lowest BCUT2D eigenvalue weighted by molar-refractivity contribution is -0.140. The Morgan fingerprint density at radius 1 is 1.38 bits per heavy atom. The second kappa shape index (κ2) is 4.50. The van der Waals surface area contributed by atoms with Crippen LogP contribution in [0.2, 0.25) is 0 Å². The predicted molar refractivity (Wildman–Crippen MR) is 67.3 cm³/mol. The molecule has 2 aliphatic carbocycles. The molecule has 0 amide bonds. The summed E-state index contributed by atoms with van der Waals surface area (Å²) in [6.45, 7) is 6.99. The molecule has 4 atom stereocenters. The van der Waals surface area contributed by atoms with Crippen molar-refractivity contribution in [2.45, 2.75) is 65.7 Å². The van der Waals surface area contributed by atoms with E-state index in [0.29, 0.717) is 23.0 Å². The van der Waals surface area contributed by atoms with E-state index in [4.69, 9.17) is 0 Å². The van der Waals surface area contributed by atoms with Crippen LogP contribution in [0.3, 0.4) is 0 Å². The summed E-state index contributed by atoms with van der Waals surface area (Å²) in [5, 5.41) is 0. The molecule has 0 N–H and O–H groups in total. The second-order valence-corrected chi connectivity index (χ2v) is 6.35. The van der Waals surface area contributed by atoms with Crippen molar-refractivity contribution < 1.29 is 4.79 Å². The lowest BCUT2D eigenvalue weighted by Gasteiger charge is -2.52. The largest absolute Gasteiger partial charge is 0.299 e. The third kappa shape index (κ3) is 1.83. The first kappa shape index (κ1) is 12.1. The molecule has 0 spiro atoms. The molecule has 92 valence electrons. The maximum atomic E-state index is 12.2. The van der Waals surface area contributed by atoms with E-state index in [0.717, 1.165) is 12.3 Å². The molecule has 2 rings (SSSR count). The molecule has 0 heterocycles. The Morgan fingerprint density at radius 2 is 2.12 bits per heavy atom. The molecule has 16 heavy (non-hydrogen) atoms. The molecule has 4 unspecified atom stereocenters. The Bertz CT molecular complexity index is 271. The maximum absolute atomic E-state index is 12.2. The van der Waals surface area contributed by atoms with Gasteiger partial charge < -0.3 is 0 Å². The number of carbonyl (C=O) groups is 1. The van der Waals surface area contributed by atoms with Crippen LogP contribution in [0, 0.1) is 23.2 Å². The molecule has 0 aromatic rings. The van der Waals surface area contributed by atoms with Crippen molar-refractivity contribution in [3.05, 3.63) is 0 Å². The summed E-state index contributed by atoms with van der Waals surface area (Å²) in [6.07, 6.45) is 8.52. The fraction of sp³-hybridized carbons (Fsp3) is 0.933. The second-order valence-electron chi connectivity index (χ2n) is 6.35. The van der Waals surface area contributed by atoms with Gasteiger partial charge in [0, 0.05) is 12.3 Å². The zero-order chi connectivity index (χ0) is 11.8. The molecule has 2 saturated carbocycles. The Hall–Kier alpha value is -0.330. The van der Waals surface area contributed by atoms with Crippen LogP contribution in [-0.4, -0.2) is 5.78 Å². The van der Waals surface area contributed by atoms with Gasteiger partial charge in [0.25, 0.3) is 0 Å². The number of carbonyl (C=O) groups excluding carboxylic acids is 1. The SMILES string of the molecule is CCCC1C(C)CC(=O)C2CCCCC21C. The smallest absolute Gasteiger partial charge is 0.136 e. The summed E-state index contributed by atoms with van der Waals surface area (Å²) in [6, 6.07) is 0. The van der Waals surface area contributed by atoms with E-state index in [-0.39, 0.29) is 0 Å². The first-order chi connectivity index (χ1) is 7.59. The number of Topliss-reactive ketones (excluding diaryl/α,β-unsaturated/α-hetero) is 1. The van der Waals surface area contributed by atoms with Gasteiger partial charge in [-0.25, -0.2) is 0 Å². The molecule has 0 radical (unpaired) electrons. The standard InChI is InChI=1S/C15H26O/c1-4-7-12-11(2)10-14(16)13-8-5-6-9-15(12,13)3/h11-13H,4-10H2,1-3H3. The highest BCUT2D eigenvalue weighted by molar-refractivity contribution is 5.83. The van der Waals surface area contributed by atoms with E-state index in [1.165, 1.54) is 38.5 Å². The summed E-state index contributed by atoms with van der Waals surface area (Å²) in [7, 11) is 0. The van der Waals surface area contributed by atoms with Crippen LogP contribution in [0.5, 0.6) is 0 Å². The lowest BCUT2D eigenvalue weighted by atomic mass is 9.51. The van der Waals surface area contributed by atoms with Gasteiger partial charge in [0.2, 0.25) is 0 Å². The normalized spacial score (nSPS) is 44.2. The summed E-state index contributed by atoms with van der Waals surface area (Å²) >= 11 is 0. The Labute approximate surface area is 100.0 Å². The Morgan fingerprint density at radius 3 is 2.81 bits per heavy atom. The van der Waals surface area contributed by atoms with Crippen LogP contribution in [0.1, 0.15) is 65.7 Å². The van der Waals surface area contributed by atoms with Gasteiger partial charge in [0.05, 0.1) is 0 Å². The fourth-order valence-electron chi connectivity index (χ4n) is 4.51. The van der Waals surface area contributed by atoms with E-state index in [1.54, 1.807) is 0 Å². The lowest BCUT2D eigenvalue weighted by Crippen LogP contribution is -2.49. The molecular formula is C15H26O. The molecule has 2 fully saturated rings. The third-order valence-electron chi connectivity index (χ3n) is 5.30. The van der Waals surface area contributed by atoms with Crippen molar-refractivity contribution in [1.82, 2.24) is 0 Å². The predicted octanol–water partition coefficient (Wildman–Crippen LogP) is 4.21. The monoisotopic (exact) mass is 222 g/mol. The highest BCUT2D eigenvalue weighted by Gasteiger charge is 2.50. The summed E-state index contributed by atoms with van der Waals surface area (Å²) in [5.74, 6) is 2.38. The van der Waals surface area contributed by atoms with Gasteiger partial charge in [-0.15, -0.1) is 0 Å². The number of hydrogen-bond donors (Lipinski definition) is 0. The number of rotatable bonds is 2. The molecule has 0 aliphatic heterocycles. The minimum atomic E-state index is 0.336. The third-order valence-corrected chi connectivity index (χ3v) is 5.30. The molecule has 0 aromatic heterocycles. The van der Waals surface area contributed by atoms with Crippen LogP contribution in [0.25, 0.3) is 0 Å². The van der Waals surface area contributed by atoms with Gasteiger partial charge >= 0.3 is 0 Å². The van der Waals surface area contributed by atoms with Crippen molar-refractivity contribution in [3.8, 4) is 0 Å². The quantitative estimate of drug-likeness (QED) is 0.684. The zero-order valence-electron chi connectivity index (χ0n) is 11.1. The van der Waals surface area contributed by atoms with Gasteiger partial charge in [0.15, 0.2) is 0 Å². The molecular weight excluding hydrogens is 196 g/mol. The van der Waals surface area contributed by atoms with E-state index in [2.05, 4.69) is 20.8 Å². The van der Waals surface area contributed by atoms with E-state index >= 15 is 0 Å². The van der Waals surface area contributed by atoms with E-state index in [1.807, 2.05) is 0 Å². The molecule has 1 heteroatoms. The highest BCUT2D eigenvalue weighted by atomic mass is 16.1. The highest BCUT2D eigenvalue weighted by Crippen LogP contribution is 2.55. The van der Waals surface area contributed by atoms with Crippen LogP contribution in [0.15, 0.2) is 0 Å². The average Bonchev–Trinajstić information content (AvgIpc) is 2.24. The van der Waals surface area contributed by atoms with Crippen LogP contribution >= 0.6 is 0 Å². The van der Waals surface area contributed by atoms with Crippen molar-refractivity contribution in [2.75, 3.05) is 0 Å². The van der Waals surface area contributed by atoms with Gasteiger partial charge in [-0.1, -0.05) is 40.0 Å². The fourth-order valence-corrected chi connectivity index (χ4v) is 4.51. The van der Waals surface area contributed by atoms with Gasteiger partial charge in [-0.3, -0.25) is 4.79 Å². The van der Waals surface area contributed by atoms with E-state index in [9.17, 15) is 4.79 Å². The van der Waals surface area contributed by atoms with Crippen LogP contribution in [-0.2, 0) is 4.79 Å². The van der Waals surface area contributed by atoms with Crippen molar-refractivity contribution in [2.24, 2.45) is 23.2 Å². The molecule has 1 nitrogen and oxygen atoms in total. The Balaban J connectivity index is 2.25. The van der Waals surface area contributed by atoms with Gasteiger partial charge in [-0.2, -0.15) is 0 Å². The minimum Gasteiger partial charge on any atom is -0.299 e. The van der Waals surface area contributed by atoms with Crippen molar-refractivity contribution in [1.29, 1.82) is 0 Å².